The Kier molecular flexibility index (Phi) is 4.07. The maximum absolute atomic E-state index is 13.6. The lowest BCUT2D eigenvalue weighted by atomic mass is 10.0. The summed E-state index contributed by atoms with van der Waals surface area (Å²) in [5.74, 6) is -2.19. The van der Waals surface area contributed by atoms with Gasteiger partial charge in [-0.3, -0.25) is 9.59 Å². The van der Waals surface area contributed by atoms with E-state index in [9.17, 15) is 19.1 Å². The van der Waals surface area contributed by atoms with E-state index in [-0.39, 0.29) is 29.0 Å². The highest BCUT2D eigenvalue weighted by Gasteiger charge is 2.38. The zero-order valence-electron chi connectivity index (χ0n) is 13.3. The Bertz CT molecular complexity index is 973. The van der Waals surface area contributed by atoms with Gasteiger partial charge in [0.2, 0.25) is 5.91 Å². The number of aliphatic hydroxyl groups is 1. The normalized spacial score (nSPS) is 14.9. The molecule has 124 valence electrons. The van der Waals surface area contributed by atoms with Crippen LogP contribution in [-0.4, -0.2) is 16.9 Å². The van der Waals surface area contributed by atoms with Crippen LogP contribution in [0.3, 0.4) is 0 Å². The number of imide groups is 1. The molecule has 0 aliphatic carbocycles. The van der Waals surface area contributed by atoms with Crippen molar-refractivity contribution in [2.24, 2.45) is 0 Å². The van der Waals surface area contributed by atoms with Crippen molar-refractivity contribution in [2.45, 2.75) is 13.3 Å². The Labute approximate surface area is 143 Å². The second-order valence-corrected chi connectivity index (χ2v) is 5.58. The summed E-state index contributed by atoms with van der Waals surface area (Å²) in [5, 5.41) is 19.4. The molecular weight excluding hydrogens is 323 g/mol. The predicted molar refractivity (Wildman–Crippen MR) is 89.8 cm³/mol. The van der Waals surface area contributed by atoms with Gasteiger partial charge < -0.3 is 5.11 Å². The highest BCUT2D eigenvalue weighted by Crippen LogP contribution is 2.40. The highest BCUT2D eigenvalue weighted by molar-refractivity contribution is 6.42. The average molecular weight is 336 g/mol. The first-order valence-corrected chi connectivity index (χ1v) is 7.48. The van der Waals surface area contributed by atoms with Crippen LogP contribution in [0.4, 0.5) is 10.1 Å². The number of nitrogens with zero attached hydrogens (tertiary/aromatic N) is 2. The van der Waals surface area contributed by atoms with Gasteiger partial charge in [-0.25, -0.2) is 9.29 Å². The van der Waals surface area contributed by atoms with Gasteiger partial charge in [-0.2, -0.15) is 5.26 Å². The van der Waals surface area contributed by atoms with Crippen LogP contribution in [0.2, 0.25) is 0 Å². The van der Waals surface area contributed by atoms with Crippen molar-refractivity contribution < 1.29 is 19.1 Å². The molecule has 25 heavy (non-hydrogen) atoms. The van der Waals surface area contributed by atoms with Crippen molar-refractivity contribution in [3.05, 3.63) is 65.0 Å². The lowest BCUT2D eigenvalue weighted by Crippen LogP contribution is -2.31. The first-order valence-electron chi connectivity index (χ1n) is 7.48. The molecule has 1 N–H and O–H groups in total. The third-order valence-electron chi connectivity index (χ3n) is 3.92. The molecule has 2 aromatic rings. The van der Waals surface area contributed by atoms with E-state index in [1.165, 1.54) is 13.0 Å². The molecule has 0 saturated carbocycles. The summed E-state index contributed by atoms with van der Waals surface area (Å²) in [4.78, 5) is 25.3. The molecule has 0 saturated heterocycles. The van der Waals surface area contributed by atoms with Gasteiger partial charge >= 0.3 is 0 Å². The molecule has 0 spiro atoms. The molecule has 0 radical (unpaired) electrons. The molecule has 1 heterocycles. The zero-order valence-corrected chi connectivity index (χ0v) is 13.3. The fourth-order valence-corrected chi connectivity index (χ4v) is 2.84. The fourth-order valence-electron chi connectivity index (χ4n) is 2.84. The number of carbonyl (C=O) groups is 2. The van der Waals surface area contributed by atoms with Gasteiger partial charge in [-0.05, 0) is 29.8 Å². The van der Waals surface area contributed by atoms with Gasteiger partial charge in [0.15, 0.2) is 0 Å². The summed E-state index contributed by atoms with van der Waals surface area (Å²) in [6, 6.07) is 12.2. The van der Waals surface area contributed by atoms with Crippen molar-refractivity contribution in [1.82, 2.24) is 0 Å². The van der Waals surface area contributed by atoms with Crippen molar-refractivity contribution in [3.8, 4) is 6.07 Å². The lowest BCUT2D eigenvalue weighted by molar-refractivity contribution is -0.122. The fraction of sp³-hybridized carbons (Fsp3) is 0.105. The second kappa shape index (κ2) is 6.21. The molecule has 0 atom stereocenters. The first-order chi connectivity index (χ1) is 11.9. The largest absolute Gasteiger partial charge is 0.506 e. The van der Waals surface area contributed by atoms with Crippen LogP contribution in [0.1, 0.15) is 23.6 Å². The number of rotatable bonds is 2. The van der Waals surface area contributed by atoms with Gasteiger partial charge in [-0.1, -0.05) is 18.2 Å². The number of anilines is 1. The van der Waals surface area contributed by atoms with E-state index in [1.54, 1.807) is 24.3 Å². The van der Waals surface area contributed by atoms with Crippen LogP contribution in [0.5, 0.6) is 0 Å². The quantitative estimate of drug-likeness (QED) is 0.674. The monoisotopic (exact) mass is 336 g/mol. The summed E-state index contributed by atoms with van der Waals surface area (Å²) >= 11 is 0. The molecule has 1 aliphatic heterocycles. The van der Waals surface area contributed by atoms with Crippen LogP contribution in [0, 0.1) is 17.1 Å². The number of fused-ring (bicyclic) bond motifs is 1. The van der Waals surface area contributed by atoms with Crippen LogP contribution in [0.15, 0.2) is 42.5 Å². The Morgan fingerprint density at radius 3 is 2.72 bits per heavy atom. The molecule has 2 amide bonds. The lowest BCUT2D eigenvalue weighted by Gasteiger charge is -2.12. The van der Waals surface area contributed by atoms with Gasteiger partial charge in [0, 0.05) is 18.1 Å². The van der Waals surface area contributed by atoms with Crippen LogP contribution in [-0.2, 0) is 16.0 Å². The average Bonchev–Trinajstić information content (AvgIpc) is 2.86. The molecule has 0 bridgehead atoms. The topological polar surface area (TPSA) is 81.4 Å². The summed E-state index contributed by atoms with van der Waals surface area (Å²) in [5.41, 5.74) is 1.34. The van der Waals surface area contributed by atoms with E-state index in [4.69, 9.17) is 5.26 Å². The third-order valence-corrected chi connectivity index (χ3v) is 3.92. The number of hydrogen-bond donors (Lipinski definition) is 1. The number of hydrogen-bond acceptors (Lipinski definition) is 4. The first kappa shape index (κ1) is 16.4. The minimum absolute atomic E-state index is 0.0701. The summed E-state index contributed by atoms with van der Waals surface area (Å²) < 4.78 is 13.6. The maximum atomic E-state index is 13.6. The molecule has 0 fully saturated rings. The number of amides is 2. The second-order valence-electron chi connectivity index (χ2n) is 5.58. The van der Waals surface area contributed by atoms with Gasteiger partial charge in [0.25, 0.3) is 5.91 Å². The molecular formula is C19H13FN2O3. The van der Waals surface area contributed by atoms with Crippen molar-refractivity contribution in [2.75, 3.05) is 4.90 Å². The van der Waals surface area contributed by atoms with Gasteiger partial charge in [-0.15, -0.1) is 0 Å². The minimum atomic E-state index is -0.712. The SMILES string of the molecule is CC(=O)N1C(=O)C(=C(O)c2cccc(CC#N)c2)c2ccc(F)cc21. The molecule has 2 aromatic carbocycles. The minimum Gasteiger partial charge on any atom is -0.506 e. The molecule has 5 nitrogen and oxygen atoms in total. The van der Waals surface area contributed by atoms with E-state index in [1.807, 2.05) is 6.07 Å². The van der Waals surface area contributed by atoms with E-state index in [0.29, 0.717) is 11.1 Å². The van der Waals surface area contributed by atoms with Crippen LogP contribution >= 0.6 is 0 Å². The van der Waals surface area contributed by atoms with E-state index >= 15 is 0 Å². The Morgan fingerprint density at radius 1 is 1.28 bits per heavy atom. The molecule has 6 heteroatoms. The maximum Gasteiger partial charge on any atom is 0.269 e. The van der Waals surface area contributed by atoms with Crippen molar-refractivity contribution in [1.29, 1.82) is 5.26 Å². The smallest absolute Gasteiger partial charge is 0.269 e. The van der Waals surface area contributed by atoms with E-state index < -0.39 is 17.6 Å². The van der Waals surface area contributed by atoms with Gasteiger partial charge in [0.1, 0.15) is 11.6 Å². The van der Waals surface area contributed by atoms with Crippen molar-refractivity contribution >= 4 is 28.8 Å². The molecule has 3 rings (SSSR count). The molecule has 0 aromatic heterocycles. The number of aliphatic hydroxyl groups excluding tert-OH is 1. The summed E-state index contributed by atoms with van der Waals surface area (Å²) in [6.45, 7) is 1.19. The predicted octanol–water partition coefficient (Wildman–Crippen LogP) is 3.21. The number of carbonyl (C=O) groups excluding carboxylic acids is 2. The van der Waals surface area contributed by atoms with E-state index in [0.717, 1.165) is 17.0 Å². The summed E-state index contributed by atoms with van der Waals surface area (Å²) in [7, 11) is 0. The van der Waals surface area contributed by atoms with Gasteiger partial charge in [0.05, 0.1) is 23.8 Å². The Hall–Kier alpha value is -3.46. The number of nitriles is 1. The zero-order chi connectivity index (χ0) is 18.1. The highest BCUT2D eigenvalue weighted by atomic mass is 19.1. The van der Waals surface area contributed by atoms with Crippen LogP contribution in [0.25, 0.3) is 11.3 Å². The molecule has 0 unspecified atom stereocenters. The van der Waals surface area contributed by atoms with E-state index in [2.05, 4.69) is 0 Å². The molecule has 1 aliphatic rings. The Balaban J connectivity index is 2.21. The summed E-state index contributed by atoms with van der Waals surface area (Å²) in [6.07, 6.45) is 0.159. The Morgan fingerprint density at radius 2 is 2.04 bits per heavy atom. The van der Waals surface area contributed by atoms with Crippen molar-refractivity contribution in [3.63, 3.8) is 0 Å². The number of halogens is 1. The van der Waals surface area contributed by atoms with Crippen LogP contribution < -0.4 is 4.90 Å². The number of benzene rings is 2. The third kappa shape index (κ3) is 2.76. The standard InChI is InChI=1S/C19H13FN2O3/c1-11(23)22-16-10-14(20)5-6-15(16)17(19(22)25)18(24)13-4-2-3-12(9-13)7-8-21/h2-6,9-10,24H,7H2,1H3.